The molecule has 1 heterocycles. The summed E-state index contributed by atoms with van der Waals surface area (Å²) in [7, 11) is 0. The van der Waals surface area contributed by atoms with Crippen LogP contribution in [0.5, 0.6) is 0 Å². The molecule has 1 N–H and O–H groups in total. The highest BCUT2D eigenvalue weighted by Crippen LogP contribution is 2.30. The first-order chi connectivity index (χ1) is 8.84. The summed E-state index contributed by atoms with van der Waals surface area (Å²) in [5.74, 6) is 0.742. The Morgan fingerprint density at radius 3 is 2.37 bits per heavy atom. The topological polar surface area (TPSA) is 15.3 Å². The van der Waals surface area contributed by atoms with Gasteiger partial charge in [0.05, 0.1) is 0 Å². The summed E-state index contributed by atoms with van der Waals surface area (Å²) >= 11 is 0. The molecular weight excluding hydrogens is 232 g/mol. The molecule has 112 valence electrons. The highest BCUT2D eigenvalue weighted by molar-refractivity contribution is 5.14. The monoisotopic (exact) mass is 266 g/mol. The molecule has 0 saturated heterocycles. The maximum atomic E-state index is 3.61. The zero-order valence-corrected chi connectivity index (χ0v) is 13.9. The second-order valence-electron chi connectivity index (χ2n) is 7.34. The van der Waals surface area contributed by atoms with Gasteiger partial charge in [-0.05, 0) is 30.7 Å². The van der Waals surface area contributed by atoms with Gasteiger partial charge in [0.2, 0.25) is 0 Å². The maximum absolute atomic E-state index is 3.61. The molecule has 1 unspecified atom stereocenters. The summed E-state index contributed by atoms with van der Waals surface area (Å²) in [6.07, 6.45) is 4.95. The van der Waals surface area contributed by atoms with E-state index >= 15 is 0 Å². The van der Waals surface area contributed by atoms with E-state index in [1.165, 1.54) is 19.4 Å². The normalized spacial score (nSPS) is 19.6. The number of nitrogens with one attached hydrogen (secondary N) is 1. The molecule has 2 heteroatoms. The van der Waals surface area contributed by atoms with E-state index in [9.17, 15) is 0 Å². The smallest absolute Gasteiger partial charge is 0.0221 e. The summed E-state index contributed by atoms with van der Waals surface area (Å²) in [5, 5.41) is 3.61. The molecule has 0 bridgehead atoms. The van der Waals surface area contributed by atoms with Gasteiger partial charge >= 0.3 is 0 Å². The number of nitrogens with zero attached hydrogens (tertiary/aromatic N) is 1. The van der Waals surface area contributed by atoms with Crippen LogP contribution in [0.1, 0.15) is 54.4 Å². The first kappa shape index (κ1) is 16.7. The molecule has 0 aromatic carbocycles. The molecule has 0 spiro atoms. The van der Waals surface area contributed by atoms with Crippen LogP contribution in [0.25, 0.3) is 0 Å². The molecule has 19 heavy (non-hydrogen) atoms. The van der Waals surface area contributed by atoms with Crippen molar-refractivity contribution in [1.82, 2.24) is 10.2 Å². The van der Waals surface area contributed by atoms with E-state index in [4.69, 9.17) is 0 Å². The SMILES string of the molecule is CCC(CNCC(C)C)N1CC=C(C(C)(C)C)CC1. The van der Waals surface area contributed by atoms with Crippen LogP contribution in [0, 0.1) is 11.3 Å². The molecule has 0 aromatic heterocycles. The molecule has 0 aliphatic carbocycles. The lowest BCUT2D eigenvalue weighted by atomic mass is 9.82. The molecular formula is C17H34N2. The maximum Gasteiger partial charge on any atom is 0.0221 e. The lowest BCUT2D eigenvalue weighted by molar-refractivity contribution is 0.192. The summed E-state index contributed by atoms with van der Waals surface area (Å²) in [4.78, 5) is 2.64. The van der Waals surface area contributed by atoms with Crippen molar-refractivity contribution < 1.29 is 0 Å². The van der Waals surface area contributed by atoms with Gasteiger partial charge in [0.1, 0.15) is 0 Å². The minimum atomic E-state index is 0.351. The second-order valence-corrected chi connectivity index (χ2v) is 7.34. The summed E-state index contributed by atoms with van der Waals surface area (Å²) in [5.41, 5.74) is 1.98. The Hall–Kier alpha value is -0.340. The second kappa shape index (κ2) is 7.44. The minimum Gasteiger partial charge on any atom is -0.315 e. The average molecular weight is 266 g/mol. The van der Waals surface area contributed by atoms with E-state index in [1.807, 2.05) is 0 Å². The van der Waals surface area contributed by atoms with Crippen LogP contribution in [0.3, 0.4) is 0 Å². The Balaban J connectivity index is 2.45. The molecule has 0 fully saturated rings. The molecule has 1 atom stereocenters. The van der Waals surface area contributed by atoms with Crippen LogP contribution in [0.4, 0.5) is 0 Å². The number of hydrogen-bond acceptors (Lipinski definition) is 2. The van der Waals surface area contributed by atoms with Gasteiger partial charge in [-0.2, -0.15) is 0 Å². The molecule has 1 aliphatic rings. The molecule has 2 nitrogen and oxygen atoms in total. The first-order valence-electron chi connectivity index (χ1n) is 7.98. The highest BCUT2D eigenvalue weighted by Gasteiger charge is 2.24. The van der Waals surface area contributed by atoms with E-state index < -0.39 is 0 Å². The quantitative estimate of drug-likeness (QED) is 0.738. The molecule has 0 radical (unpaired) electrons. The van der Waals surface area contributed by atoms with E-state index in [0.717, 1.165) is 25.6 Å². The zero-order valence-electron chi connectivity index (χ0n) is 13.9. The van der Waals surface area contributed by atoms with Crippen LogP contribution < -0.4 is 5.32 Å². The molecule has 0 amide bonds. The Bertz CT molecular complexity index is 286. The average Bonchev–Trinajstić information content (AvgIpc) is 2.33. The third kappa shape index (κ3) is 5.66. The largest absolute Gasteiger partial charge is 0.315 e. The fourth-order valence-electron chi connectivity index (χ4n) is 2.77. The zero-order chi connectivity index (χ0) is 14.5. The Labute approximate surface area is 120 Å². The van der Waals surface area contributed by atoms with Crippen molar-refractivity contribution in [2.45, 2.75) is 60.4 Å². The van der Waals surface area contributed by atoms with Gasteiger partial charge in [0, 0.05) is 25.7 Å². The summed E-state index contributed by atoms with van der Waals surface area (Å²) < 4.78 is 0. The fourth-order valence-corrected chi connectivity index (χ4v) is 2.77. The predicted molar refractivity (Wildman–Crippen MR) is 85.5 cm³/mol. The van der Waals surface area contributed by atoms with Crippen LogP contribution in [-0.4, -0.2) is 37.1 Å². The van der Waals surface area contributed by atoms with Gasteiger partial charge in [-0.3, -0.25) is 4.90 Å². The first-order valence-corrected chi connectivity index (χ1v) is 7.98. The van der Waals surface area contributed by atoms with Crippen molar-refractivity contribution in [1.29, 1.82) is 0 Å². The van der Waals surface area contributed by atoms with Gasteiger partial charge in [0.15, 0.2) is 0 Å². The third-order valence-corrected chi connectivity index (χ3v) is 4.12. The van der Waals surface area contributed by atoms with Crippen molar-refractivity contribution in [3.8, 4) is 0 Å². The summed E-state index contributed by atoms with van der Waals surface area (Å²) in [6, 6.07) is 0.691. The van der Waals surface area contributed by atoms with Crippen LogP contribution in [-0.2, 0) is 0 Å². The third-order valence-electron chi connectivity index (χ3n) is 4.12. The van der Waals surface area contributed by atoms with Gasteiger partial charge < -0.3 is 5.32 Å². The van der Waals surface area contributed by atoms with Crippen LogP contribution >= 0.6 is 0 Å². The van der Waals surface area contributed by atoms with Crippen molar-refractivity contribution in [3.63, 3.8) is 0 Å². The Morgan fingerprint density at radius 2 is 1.95 bits per heavy atom. The fraction of sp³-hybridized carbons (Fsp3) is 0.882. The van der Waals surface area contributed by atoms with E-state index in [2.05, 4.69) is 57.8 Å². The van der Waals surface area contributed by atoms with Crippen LogP contribution in [0.2, 0.25) is 0 Å². The standard InChI is InChI=1S/C17H34N2/c1-7-16(13-18-12-14(2)3)19-10-8-15(9-11-19)17(4,5)6/h8,14,16,18H,7,9-13H2,1-6H3. The van der Waals surface area contributed by atoms with E-state index in [-0.39, 0.29) is 0 Å². The molecule has 1 aliphatic heterocycles. The van der Waals surface area contributed by atoms with Gasteiger partial charge in [-0.1, -0.05) is 53.2 Å². The van der Waals surface area contributed by atoms with Crippen molar-refractivity contribution in [2.24, 2.45) is 11.3 Å². The van der Waals surface area contributed by atoms with Gasteiger partial charge in [0.25, 0.3) is 0 Å². The lowest BCUT2D eigenvalue weighted by Crippen LogP contribution is -2.45. The summed E-state index contributed by atoms with van der Waals surface area (Å²) in [6.45, 7) is 18.5. The molecule has 0 saturated carbocycles. The Kier molecular flexibility index (Phi) is 6.55. The van der Waals surface area contributed by atoms with E-state index in [1.54, 1.807) is 5.57 Å². The Morgan fingerprint density at radius 1 is 1.26 bits per heavy atom. The van der Waals surface area contributed by atoms with Crippen molar-refractivity contribution in [2.75, 3.05) is 26.2 Å². The molecule has 1 rings (SSSR count). The van der Waals surface area contributed by atoms with Crippen LogP contribution in [0.15, 0.2) is 11.6 Å². The number of hydrogen-bond donors (Lipinski definition) is 1. The predicted octanol–water partition coefficient (Wildman–Crippen LogP) is 3.69. The van der Waals surface area contributed by atoms with Gasteiger partial charge in [-0.25, -0.2) is 0 Å². The van der Waals surface area contributed by atoms with Crippen molar-refractivity contribution in [3.05, 3.63) is 11.6 Å². The van der Waals surface area contributed by atoms with Crippen molar-refractivity contribution >= 4 is 0 Å². The van der Waals surface area contributed by atoms with E-state index in [0.29, 0.717) is 11.5 Å². The highest BCUT2D eigenvalue weighted by atomic mass is 15.2. The molecule has 0 aromatic rings. The minimum absolute atomic E-state index is 0.351. The number of rotatable bonds is 6. The van der Waals surface area contributed by atoms with Gasteiger partial charge in [-0.15, -0.1) is 0 Å². The lowest BCUT2D eigenvalue weighted by Gasteiger charge is -2.36.